The predicted octanol–water partition coefficient (Wildman–Crippen LogP) is 1.64. The summed E-state index contributed by atoms with van der Waals surface area (Å²) in [5.74, 6) is -0.149. The van der Waals surface area contributed by atoms with Crippen LogP contribution in [0.4, 0.5) is 5.69 Å². The van der Waals surface area contributed by atoms with E-state index in [2.05, 4.69) is 10.3 Å². The molecule has 0 bridgehead atoms. The Morgan fingerprint density at radius 1 is 1.17 bits per heavy atom. The van der Waals surface area contributed by atoms with Crippen LogP contribution in [-0.2, 0) is 6.42 Å². The first kappa shape index (κ1) is 12.1. The summed E-state index contributed by atoms with van der Waals surface area (Å²) >= 11 is 0. The Kier molecular flexibility index (Phi) is 3.91. The fourth-order valence-electron chi connectivity index (χ4n) is 1.65. The van der Waals surface area contributed by atoms with Gasteiger partial charge in [-0.1, -0.05) is 18.2 Å². The Bertz CT molecular complexity index is 526. The lowest BCUT2D eigenvalue weighted by atomic mass is 10.1. The number of nitrogen functional groups attached to an aromatic ring is 1. The van der Waals surface area contributed by atoms with Crippen molar-refractivity contribution in [1.82, 2.24) is 10.3 Å². The predicted molar refractivity (Wildman–Crippen MR) is 71.1 cm³/mol. The van der Waals surface area contributed by atoms with Crippen molar-refractivity contribution in [3.63, 3.8) is 0 Å². The molecule has 4 nitrogen and oxygen atoms in total. The van der Waals surface area contributed by atoms with Gasteiger partial charge in [-0.3, -0.25) is 9.78 Å². The van der Waals surface area contributed by atoms with E-state index in [1.54, 1.807) is 30.5 Å². The molecule has 4 heteroatoms. The topological polar surface area (TPSA) is 68.0 Å². The van der Waals surface area contributed by atoms with Crippen molar-refractivity contribution in [1.29, 1.82) is 0 Å². The van der Waals surface area contributed by atoms with Crippen LogP contribution in [0.2, 0.25) is 0 Å². The summed E-state index contributed by atoms with van der Waals surface area (Å²) in [4.78, 5) is 16.0. The molecule has 2 rings (SSSR count). The van der Waals surface area contributed by atoms with Gasteiger partial charge in [0.2, 0.25) is 0 Å². The monoisotopic (exact) mass is 241 g/mol. The number of pyridine rings is 1. The molecule has 0 atom stereocenters. The van der Waals surface area contributed by atoms with Crippen LogP contribution in [0.3, 0.4) is 0 Å². The van der Waals surface area contributed by atoms with Gasteiger partial charge in [-0.15, -0.1) is 0 Å². The number of para-hydroxylation sites is 1. The number of amides is 1. The zero-order valence-corrected chi connectivity index (χ0v) is 9.97. The quantitative estimate of drug-likeness (QED) is 0.799. The number of aromatic nitrogens is 1. The van der Waals surface area contributed by atoms with Gasteiger partial charge < -0.3 is 11.1 Å². The molecule has 18 heavy (non-hydrogen) atoms. The van der Waals surface area contributed by atoms with Gasteiger partial charge in [0.25, 0.3) is 5.91 Å². The third-order valence-corrected chi connectivity index (χ3v) is 2.60. The molecule has 0 unspecified atom stereocenters. The molecule has 92 valence electrons. The highest BCUT2D eigenvalue weighted by Gasteiger charge is 2.07. The minimum Gasteiger partial charge on any atom is -0.398 e. The zero-order chi connectivity index (χ0) is 12.8. The second kappa shape index (κ2) is 5.82. The Hall–Kier alpha value is -2.36. The molecule has 1 aromatic heterocycles. The van der Waals surface area contributed by atoms with E-state index in [0.717, 1.165) is 5.69 Å². The summed E-state index contributed by atoms with van der Waals surface area (Å²) < 4.78 is 0. The number of hydrogen-bond acceptors (Lipinski definition) is 3. The van der Waals surface area contributed by atoms with E-state index in [9.17, 15) is 4.79 Å². The Balaban J connectivity index is 1.88. The summed E-state index contributed by atoms with van der Waals surface area (Å²) in [7, 11) is 0. The highest BCUT2D eigenvalue weighted by atomic mass is 16.1. The Morgan fingerprint density at radius 2 is 1.94 bits per heavy atom. The number of anilines is 1. The van der Waals surface area contributed by atoms with Crippen molar-refractivity contribution in [2.45, 2.75) is 6.42 Å². The molecule has 0 saturated heterocycles. The fraction of sp³-hybridized carbons (Fsp3) is 0.143. The smallest absolute Gasteiger partial charge is 0.253 e. The minimum atomic E-state index is -0.149. The maximum Gasteiger partial charge on any atom is 0.253 e. The van der Waals surface area contributed by atoms with E-state index in [0.29, 0.717) is 24.2 Å². The first-order valence-electron chi connectivity index (χ1n) is 5.80. The highest BCUT2D eigenvalue weighted by molar-refractivity contribution is 5.99. The summed E-state index contributed by atoms with van der Waals surface area (Å²) in [6, 6.07) is 12.8. The van der Waals surface area contributed by atoms with Gasteiger partial charge in [0.1, 0.15) is 0 Å². The molecule has 0 aliphatic rings. The number of carbonyl (C=O) groups is 1. The molecule has 0 fully saturated rings. The molecule has 0 radical (unpaired) electrons. The van der Waals surface area contributed by atoms with Gasteiger partial charge in [-0.05, 0) is 24.3 Å². The number of nitrogens with two attached hydrogens (primary N) is 1. The average molecular weight is 241 g/mol. The molecule has 0 spiro atoms. The van der Waals surface area contributed by atoms with Gasteiger partial charge in [-0.2, -0.15) is 0 Å². The largest absolute Gasteiger partial charge is 0.398 e. The van der Waals surface area contributed by atoms with Crippen LogP contribution < -0.4 is 11.1 Å². The molecule has 1 aromatic carbocycles. The fourth-order valence-corrected chi connectivity index (χ4v) is 1.65. The first-order chi connectivity index (χ1) is 8.77. The first-order valence-corrected chi connectivity index (χ1v) is 5.80. The molecule has 0 aliphatic heterocycles. The van der Waals surface area contributed by atoms with Crippen molar-refractivity contribution in [3.8, 4) is 0 Å². The van der Waals surface area contributed by atoms with Crippen LogP contribution in [0.5, 0.6) is 0 Å². The maximum absolute atomic E-state index is 11.8. The highest BCUT2D eigenvalue weighted by Crippen LogP contribution is 2.09. The van der Waals surface area contributed by atoms with E-state index >= 15 is 0 Å². The Labute approximate surface area is 106 Å². The van der Waals surface area contributed by atoms with Crippen LogP contribution in [-0.4, -0.2) is 17.4 Å². The number of nitrogens with one attached hydrogen (secondary N) is 1. The van der Waals surface area contributed by atoms with Gasteiger partial charge in [0.15, 0.2) is 0 Å². The minimum absolute atomic E-state index is 0.149. The van der Waals surface area contributed by atoms with E-state index < -0.39 is 0 Å². The lowest BCUT2D eigenvalue weighted by Crippen LogP contribution is -2.26. The van der Waals surface area contributed by atoms with E-state index in [1.165, 1.54) is 0 Å². The maximum atomic E-state index is 11.8. The SMILES string of the molecule is Nc1ccccc1C(=O)NCCc1ccccn1. The number of nitrogens with zero attached hydrogens (tertiary/aromatic N) is 1. The standard InChI is InChI=1S/C14H15N3O/c15-13-7-2-1-6-12(13)14(18)17-10-8-11-5-3-4-9-16-11/h1-7,9H,8,10,15H2,(H,17,18). The van der Waals surface area contributed by atoms with Crippen molar-refractivity contribution < 1.29 is 4.79 Å². The average Bonchev–Trinajstić information content (AvgIpc) is 2.40. The normalized spacial score (nSPS) is 10.0. The van der Waals surface area contributed by atoms with E-state index in [-0.39, 0.29) is 5.91 Å². The molecular weight excluding hydrogens is 226 g/mol. The second-order valence-electron chi connectivity index (χ2n) is 3.91. The summed E-state index contributed by atoms with van der Waals surface area (Å²) in [5.41, 5.74) is 7.69. The summed E-state index contributed by atoms with van der Waals surface area (Å²) in [6.45, 7) is 0.546. The third-order valence-electron chi connectivity index (χ3n) is 2.60. The van der Waals surface area contributed by atoms with Crippen molar-refractivity contribution in [3.05, 3.63) is 59.9 Å². The van der Waals surface area contributed by atoms with Crippen LogP contribution in [0.15, 0.2) is 48.7 Å². The number of hydrogen-bond donors (Lipinski definition) is 2. The van der Waals surface area contributed by atoms with Gasteiger partial charge in [-0.25, -0.2) is 0 Å². The van der Waals surface area contributed by atoms with Crippen LogP contribution >= 0.6 is 0 Å². The van der Waals surface area contributed by atoms with Crippen LogP contribution in [0.25, 0.3) is 0 Å². The van der Waals surface area contributed by atoms with Crippen molar-refractivity contribution >= 4 is 11.6 Å². The second-order valence-corrected chi connectivity index (χ2v) is 3.91. The van der Waals surface area contributed by atoms with E-state index in [1.807, 2.05) is 18.2 Å². The van der Waals surface area contributed by atoms with Gasteiger partial charge in [0.05, 0.1) is 5.56 Å². The molecule has 0 saturated carbocycles. The van der Waals surface area contributed by atoms with Crippen molar-refractivity contribution in [2.24, 2.45) is 0 Å². The lowest BCUT2D eigenvalue weighted by molar-refractivity contribution is 0.0955. The molecule has 2 aromatic rings. The lowest BCUT2D eigenvalue weighted by Gasteiger charge is -2.06. The zero-order valence-electron chi connectivity index (χ0n) is 9.97. The van der Waals surface area contributed by atoms with E-state index in [4.69, 9.17) is 5.73 Å². The summed E-state index contributed by atoms with van der Waals surface area (Å²) in [5, 5.41) is 2.83. The number of rotatable bonds is 4. The van der Waals surface area contributed by atoms with Gasteiger partial charge in [0, 0.05) is 30.5 Å². The molecule has 1 amide bonds. The van der Waals surface area contributed by atoms with Crippen LogP contribution in [0, 0.1) is 0 Å². The summed E-state index contributed by atoms with van der Waals surface area (Å²) in [6.07, 6.45) is 2.45. The van der Waals surface area contributed by atoms with Crippen LogP contribution in [0.1, 0.15) is 16.1 Å². The number of carbonyl (C=O) groups excluding carboxylic acids is 1. The Morgan fingerprint density at radius 3 is 2.67 bits per heavy atom. The molecular formula is C14H15N3O. The molecule has 1 heterocycles. The third kappa shape index (κ3) is 3.07. The van der Waals surface area contributed by atoms with Gasteiger partial charge >= 0.3 is 0 Å². The van der Waals surface area contributed by atoms with Crippen molar-refractivity contribution in [2.75, 3.05) is 12.3 Å². The molecule has 3 N–H and O–H groups in total. The molecule has 0 aliphatic carbocycles. The number of benzene rings is 1.